The first kappa shape index (κ1) is 31.3. The molecule has 10 nitrogen and oxygen atoms in total. The van der Waals surface area contributed by atoms with E-state index in [1.807, 2.05) is 13.8 Å². The number of fused-ring (bicyclic) bond motifs is 1. The molecule has 2 saturated heterocycles. The van der Waals surface area contributed by atoms with Crippen LogP contribution >= 0.6 is 23.2 Å². The molecule has 0 aromatic heterocycles. The molecule has 7 atom stereocenters. The van der Waals surface area contributed by atoms with Crippen molar-refractivity contribution >= 4 is 52.7 Å². The van der Waals surface area contributed by atoms with Crippen molar-refractivity contribution in [3.8, 4) is 0 Å². The van der Waals surface area contributed by atoms with E-state index in [2.05, 4.69) is 16.1 Å². The topological polar surface area (TPSA) is 128 Å². The molecule has 39 heavy (non-hydrogen) atoms. The maximum absolute atomic E-state index is 13.9. The van der Waals surface area contributed by atoms with Crippen molar-refractivity contribution in [2.24, 2.45) is 28.6 Å². The zero-order valence-corrected chi connectivity index (χ0v) is 24.6. The number of nitrogens with zero attached hydrogens (tertiary/aromatic N) is 2. The largest absolute Gasteiger partial charge is 0.351 e. The lowest BCUT2D eigenvalue weighted by Gasteiger charge is -2.38. The number of likely N-dealkylation sites (tertiary alicyclic amines) is 1. The van der Waals surface area contributed by atoms with Gasteiger partial charge in [-0.3, -0.25) is 29.4 Å². The number of carbonyl (C=O) groups is 5. The van der Waals surface area contributed by atoms with Gasteiger partial charge >= 0.3 is 0 Å². The number of piperidine rings is 1. The van der Waals surface area contributed by atoms with Gasteiger partial charge in [-0.2, -0.15) is 0 Å². The lowest BCUT2D eigenvalue weighted by molar-refractivity contribution is -0.151. The summed E-state index contributed by atoms with van der Waals surface area (Å²) in [4.78, 5) is 65.8. The van der Waals surface area contributed by atoms with Crippen LogP contribution in [0.5, 0.6) is 0 Å². The highest BCUT2D eigenvalue weighted by Gasteiger charge is 2.70. The zero-order valence-electron chi connectivity index (χ0n) is 23.1. The number of hydrazine groups is 1. The van der Waals surface area contributed by atoms with Crippen LogP contribution in [0.25, 0.3) is 0 Å². The minimum atomic E-state index is -2.47. The number of alkyl halides is 4. The van der Waals surface area contributed by atoms with Crippen molar-refractivity contribution in [3.05, 3.63) is 0 Å². The molecule has 5 amide bonds. The van der Waals surface area contributed by atoms with Crippen molar-refractivity contribution in [2.45, 2.75) is 83.8 Å². The quantitative estimate of drug-likeness (QED) is 0.306. The second-order valence-corrected chi connectivity index (χ2v) is 13.8. The van der Waals surface area contributed by atoms with Gasteiger partial charge in [0.15, 0.2) is 0 Å². The van der Waals surface area contributed by atoms with Gasteiger partial charge in [0.2, 0.25) is 11.8 Å². The average Bonchev–Trinajstić information content (AvgIpc) is 3.08. The van der Waals surface area contributed by atoms with Crippen molar-refractivity contribution in [2.75, 3.05) is 13.1 Å². The summed E-state index contributed by atoms with van der Waals surface area (Å²) < 4.78 is 27.4. The molecule has 0 aromatic carbocycles. The molecule has 0 unspecified atom stereocenters. The predicted octanol–water partition coefficient (Wildman–Crippen LogP) is 1.84. The number of hydrogen-bond donors (Lipinski definition) is 3. The van der Waals surface area contributed by atoms with Crippen LogP contribution in [0.15, 0.2) is 0 Å². The van der Waals surface area contributed by atoms with Gasteiger partial charge in [-0.05, 0) is 42.9 Å². The fourth-order valence-electron chi connectivity index (χ4n) is 5.90. The van der Waals surface area contributed by atoms with E-state index < -0.39 is 63.8 Å². The Morgan fingerprint density at radius 2 is 1.72 bits per heavy atom. The lowest BCUT2D eigenvalue weighted by atomic mass is 9.85. The van der Waals surface area contributed by atoms with Gasteiger partial charge in [0.05, 0.1) is 12.5 Å². The minimum Gasteiger partial charge on any atom is -0.351 e. The summed E-state index contributed by atoms with van der Waals surface area (Å²) in [5, 5.41) is 5.81. The molecule has 3 fully saturated rings. The lowest BCUT2D eigenvalue weighted by Crippen LogP contribution is -2.61. The highest BCUT2D eigenvalue weighted by atomic mass is 35.5. The van der Waals surface area contributed by atoms with E-state index in [4.69, 9.17) is 23.2 Å². The molecular weight excluding hydrogens is 559 g/mol. The van der Waals surface area contributed by atoms with Gasteiger partial charge in [0.25, 0.3) is 29.0 Å². The molecule has 2 heterocycles. The number of rotatable bonds is 7. The van der Waals surface area contributed by atoms with E-state index in [1.54, 1.807) is 34.6 Å². The molecule has 1 saturated carbocycles. The Bertz CT molecular complexity index is 1050. The number of carbonyl (C=O) groups excluding carboxylic acids is 5. The molecule has 3 N–H and O–H groups in total. The fourth-order valence-corrected chi connectivity index (χ4v) is 6.08. The summed E-state index contributed by atoms with van der Waals surface area (Å²) in [5.74, 6) is -5.23. The van der Waals surface area contributed by atoms with Crippen molar-refractivity contribution in [3.63, 3.8) is 0 Å². The highest BCUT2D eigenvalue weighted by molar-refractivity contribution is 6.30. The molecule has 1 aliphatic carbocycles. The molecule has 0 spiro atoms. The molecule has 220 valence electrons. The maximum Gasteiger partial charge on any atom is 0.291 e. The van der Waals surface area contributed by atoms with Gasteiger partial charge in [-0.25, -0.2) is 13.8 Å². The van der Waals surface area contributed by atoms with E-state index in [1.165, 1.54) is 4.90 Å². The standard InChI is InChI=1S/C25H37Cl2F2N5O5/c1-23(2,3)15(30-20(37)16(26)28)21(38)33-10-12-13(25(12,6)7)14(33)19(36)32-34(22(39)17(27)29)9-11-8-24(4,5)31-18(11)35/h11-17H,8-10H2,1-7H3,(H,30,37)(H,31,35)(H,32,36)/t11-,12-,13-,14-,15+,16-,17-/m0/s1. The van der Waals surface area contributed by atoms with Gasteiger partial charge < -0.3 is 15.5 Å². The Morgan fingerprint density at radius 3 is 2.18 bits per heavy atom. The number of nitrogens with one attached hydrogen (secondary N) is 3. The molecule has 3 rings (SSSR count). The first-order valence-electron chi connectivity index (χ1n) is 12.8. The Kier molecular flexibility index (Phi) is 8.55. The number of halogens is 4. The van der Waals surface area contributed by atoms with Gasteiger partial charge in [-0.15, -0.1) is 0 Å². The monoisotopic (exact) mass is 595 g/mol. The van der Waals surface area contributed by atoms with E-state index >= 15 is 0 Å². The third kappa shape index (κ3) is 6.42. The molecule has 2 aliphatic heterocycles. The normalized spacial score (nSPS) is 29.0. The number of amides is 5. The summed E-state index contributed by atoms with van der Waals surface area (Å²) >= 11 is 10.7. The van der Waals surface area contributed by atoms with E-state index in [9.17, 15) is 32.8 Å². The molecule has 0 radical (unpaired) electrons. The third-order valence-corrected chi connectivity index (χ3v) is 8.43. The van der Waals surface area contributed by atoms with Crippen LogP contribution in [0.3, 0.4) is 0 Å². The van der Waals surface area contributed by atoms with E-state index in [0.29, 0.717) is 11.4 Å². The van der Waals surface area contributed by atoms with Crippen LogP contribution in [-0.4, -0.2) is 81.4 Å². The molecule has 0 aromatic rings. The Balaban J connectivity index is 1.87. The smallest absolute Gasteiger partial charge is 0.291 e. The van der Waals surface area contributed by atoms with Crippen LogP contribution in [-0.2, 0) is 24.0 Å². The first-order valence-corrected chi connectivity index (χ1v) is 13.7. The van der Waals surface area contributed by atoms with Gasteiger partial charge in [0, 0.05) is 12.1 Å². The van der Waals surface area contributed by atoms with Crippen LogP contribution in [0, 0.1) is 28.6 Å². The Labute approximate surface area is 236 Å². The summed E-state index contributed by atoms with van der Waals surface area (Å²) in [5.41, 5.74) is -4.16. The second-order valence-electron chi connectivity index (χ2n) is 13.0. The number of hydrogen-bond acceptors (Lipinski definition) is 5. The summed E-state index contributed by atoms with van der Waals surface area (Å²) in [6.07, 6.45) is 0.333. The van der Waals surface area contributed by atoms with Crippen LogP contribution < -0.4 is 16.1 Å². The second kappa shape index (κ2) is 10.6. The summed E-state index contributed by atoms with van der Waals surface area (Å²) in [6.45, 7) is 12.4. The highest BCUT2D eigenvalue weighted by Crippen LogP contribution is 2.65. The van der Waals surface area contributed by atoms with Crippen molar-refractivity contribution in [1.82, 2.24) is 26.0 Å². The minimum absolute atomic E-state index is 0.0528. The summed E-state index contributed by atoms with van der Waals surface area (Å²) in [6, 6.07) is -2.29. The van der Waals surface area contributed by atoms with Crippen LogP contribution in [0.2, 0.25) is 0 Å². The van der Waals surface area contributed by atoms with Crippen molar-refractivity contribution < 1.29 is 32.8 Å². The average molecular weight is 597 g/mol. The molecule has 14 heteroatoms. The fraction of sp³-hybridized carbons (Fsp3) is 0.800. The van der Waals surface area contributed by atoms with Gasteiger partial charge in [-0.1, -0.05) is 57.8 Å². The van der Waals surface area contributed by atoms with Crippen LogP contribution in [0.4, 0.5) is 8.78 Å². The Hall–Kier alpha value is -2.21. The first-order chi connectivity index (χ1) is 17.7. The molecule has 3 aliphatic rings. The molecular formula is C25H37Cl2F2N5O5. The van der Waals surface area contributed by atoms with Crippen molar-refractivity contribution in [1.29, 1.82) is 0 Å². The predicted molar refractivity (Wildman–Crippen MR) is 139 cm³/mol. The molecule has 0 bridgehead atoms. The van der Waals surface area contributed by atoms with Gasteiger partial charge in [0.1, 0.15) is 12.1 Å². The SMILES string of the molecule is CC1(C)C[C@@H](CN(NC(=O)[C@@H]2[C@@H]3[C@H](CN2C(=O)[C@@H](NC(=O)[C@H](F)Cl)C(C)(C)C)C3(C)C)C(=O)[C@H](F)Cl)C(=O)N1. The third-order valence-electron chi connectivity index (χ3n) is 8.05. The summed E-state index contributed by atoms with van der Waals surface area (Å²) in [7, 11) is 0. The maximum atomic E-state index is 13.9. The van der Waals surface area contributed by atoms with E-state index in [0.717, 1.165) is 0 Å². The zero-order chi connectivity index (χ0) is 29.8. The van der Waals surface area contributed by atoms with E-state index in [-0.39, 0.29) is 36.2 Å². The Morgan fingerprint density at radius 1 is 1.13 bits per heavy atom. The van der Waals surface area contributed by atoms with Crippen LogP contribution in [0.1, 0.15) is 54.9 Å².